The number of nitrogens with zero attached hydrogens (tertiary/aromatic N) is 2. The molecule has 1 atom stereocenters. The van der Waals surface area contributed by atoms with Gasteiger partial charge in [-0.15, -0.1) is 0 Å². The molecule has 1 aromatic heterocycles. The molecule has 2 N–H and O–H groups in total. The van der Waals surface area contributed by atoms with E-state index in [2.05, 4.69) is 15.7 Å². The molecule has 1 unspecified atom stereocenters. The van der Waals surface area contributed by atoms with Gasteiger partial charge in [0.2, 0.25) is 5.91 Å². The normalized spacial score (nSPS) is 12.1. The third kappa shape index (κ3) is 4.74. The Morgan fingerprint density at radius 1 is 1.18 bits per heavy atom. The van der Waals surface area contributed by atoms with E-state index in [0.717, 1.165) is 29.1 Å². The third-order valence-electron chi connectivity index (χ3n) is 4.76. The number of carbonyl (C=O) groups is 2. The quantitative estimate of drug-likeness (QED) is 0.760. The zero-order valence-corrected chi connectivity index (χ0v) is 16.8. The molecule has 1 heterocycles. The first-order valence-corrected chi connectivity index (χ1v) is 9.15. The summed E-state index contributed by atoms with van der Waals surface area (Å²) in [6.45, 7) is 7.72. The summed E-state index contributed by atoms with van der Waals surface area (Å²) in [5.41, 5.74) is 2.29. The van der Waals surface area contributed by atoms with E-state index in [0.29, 0.717) is 13.0 Å². The summed E-state index contributed by atoms with van der Waals surface area (Å²) in [5, 5.41) is 9.56. The molecule has 0 spiro atoms. The second-order valence-corrected chi connectivity index (χ2v) is 7.11. The van der Waals surface area contributed by atoms with Crippen LogP contribution in [0.5, 0.6) is 0 Å². The Labute approximate surface area is 163 Å². The maximum absolute atomic E-state index is 13.8. The fraction of sp³-hybridized carbons (Fsp3) is 0.450. The van der Waals surface area contributed by atoms with Crippen molar-refractivity contribution in [1.29, 1.82) is 0 Å². The van der Waals surface area contributed by atoms with E-state index in [4.69, 9.17) is 0 Å². The van der Waals surface area contributed by atoms with Crippen LogP contribution in [0.25, 0.3) is 0 Å². The Hall–Kier alpha value is -2.77. The van der Waals surface area contributed by atoms with Gasteiger partial charge in [-0.2, -0.15) is 5.10 Å². The fourth-order valence-corrected chi connectivity index (χ4v) is 3.06. The highest BCUT2D eigenvalue weighted by Gasteiger charge is 2.27. The Morgan fingerprint density at radius 3 is 2.29 bits per heavy atom. The first-order valence-electron chi connectivity index (χ1n) is 9.15. The van der Waals surface area contributed by atoms with Gasteiger partial charge in [0.15, 0.2) is 0 Å². The van der Waals surface area contributed by atoms with Crippen molar-refractivity contribution in [2.75, 3.05) is 6.54 Å². The van der Waals surface area contributed by atoms with E-state index >= 15 is 0 Å². The van der Waals surface area contributed by atoms with Crippen molar-refractivity contribution in [3.05, 3.63) is 52.3 Å². The van der Waals surface area contributed by atoms with E-state index in [-0.39, 0.29) is 5.92 Å². The molecule has 0 bridgehead atoms. The molecule has 0 fully saturated rings. The average molecular weight is 392 g/mol. The number of rotatable bonds is 7. The molecule has 0 aliphatic heterocycles. The van der Waals surface area contributed by atoms with Crippen molar-refractivity contribution in [2.24, 2.45) is 13.0 Å². The fourth-order valence-electron chi connectivity index (χ4n) is 3.06. The summed E-state index contributed by atoms with van der Waals surface area (Å²) in [6, 6.07) is 2.26. The lowest BCUT2D eigenvalue weighted by atomic mass is 10.0. The standard InChI is InChI=1S/C20H26F2N4O2/c1-11(2)18(24-19(27)17-15(21)7-6-8-16(17)22)20(28)23-10-9-14-12(3)25-26(5)13(14)4/h6-8,11,18H,9-10H2,1-5H3,(H,23,28)(H,24,27). The predicted octanol–water partition coefficient (Wildman–Crippen LogP) is 2.43. The van der Waals surface area contributed by atoms with Crippen LogP contribution in [-0.4, -0.2) is 34.2 Å². The minimum absolute atomic E-state index is 0.263. The van der Waals surface area contributed by atoms with Crippen molar-refractivity contribution in [3.8, 4) is 0 Å². The maximum Gasteiger partial charge on any atom is 0.257 e. The first-order chi connectivity index (χ1) is 13.1. The van der Waals surface area contributed by atoms with Crippen LogP contribution in [0.15, 0.2) is 18.2 Å². The van der Waals surface area contributed by atoms with Crippen molar-refractivity contribution < 1.29 is 18.4 Å². The minimum atomic E-state index is -0.969. The Kier molecular flexibility index (Phi) is 6.88. The monoisotopic (exact) mass is 392 g/mol. The summed E-state index contributed by atoms with van der Waals surface area (Å²) in [5.74, 6) is -3.56. The Balaban J connectivity index is 2.03. The summed E-state index contributed by atoms with van der Waals surface area (Å²) in [6.07, 6.45) is 0.595. The summed E-state index contributed by atoms with van der Waals surface area (Å²) >= 11 is 0. The van der Waals surface area contributed by atoms with Gasteiger partial charge in [-0.3, -0.25) is 14.3 Å². The highest BCUT2D eigenvalue weighted by atomic mass is 19.1. The Morgan fingerprint density at radius 2 is 1.79 bits per heavy atom. The molecule has 0 radical (unpaired) electrons. The molecule has 0 aliphatic carbocycles. The molecule has 0 saturated heterocycles. The number of aryl methyl sites for hydroxylation is 2. The van der Waals surface area contributed by atoms with Crippen molar-refractivity contribution in [1.82, 2.24) is 20.4 Å². The predicted molar refractivity (Wildman–Crippen MR) is 102 cm³/mol. The molecule has 28 heavy (non-hydrogen) atoms. The average Bonchev–Trinajstić information content (AvgIpc) is 2.85. The minimum Gasteiger partial charge on any atom is -0.354 e. The van der Waals surface area contributed by atoms with Gasteiger partial charge in [-0.25, -0.2) is 8.78 Å². The van der Waals surface area contributed by atoms with Crippen LogP contribution in [0.3, 0.4) is 0 Å². The lowest BCUT2D eigenvalue weighted by molar-refractivity contribution is -0.123. The number of nitrogens with one attached hydrogen (secondary N) is 2. The number of halogens is 2. The summed E-state index contributed by atoms with van der Waals surface area (Å²) in [7, 11) is 1.86. The van der Waals surface area contributed by atoms with Gasteiger partial charge in [-0.05, 0) is 43.9 Å². The molecule has 1 aromatic carbocycles. The van der Waals surface area contributed by atoms with Gasteiger partial charge < -0.3 is 10.6 Å². The number of aromatic nitrogens is 2. The number of benzene rings is 1. The van der Waals surface area contributed by atoms with Crippen LogP contribution < -0.4 is 10.6 Å². The number of amides is 2. The van der Waals surface area contributed by atoms with Gasteiger partial charge >= 0.3 is 0 Å². The van der Waals surface area contributed by atoms with Gasteiger partial charge in [0.25, 0.3) is 5.91 Å². The number of carbonyl (C=O) groups excluding carboxylic acids is 2. The molecule has 6 nitrogen and oxygen atoms in total. The van der Waals surface area contributed by atoms with Gasteiger partial charge in [-0.1, -0.05) is 19.9 Å². The second-order valence-electron chi connectivity index (χ2n) is 7.11. The molecule has 0 saturated carbocycles. The van der Waals surface area contributed by atoms with E-state index in [1.807, 2.05) is 20.9 Å². The van der Waals surface area contributed by atoms with Gasteiger partial charge in [0.05, 0.1) is 5.69 Å². The molecule has 2 rings (SSSR count). The third-order valence-corrected chi connectivity index (χ3v) is 4.76. The number of hydrogen-bond acceptors (Lipinski definition) is 3. The van der Waals surface area contributed by atoms with Crippen molar-refractivity contribution in [2.45, 2.75) is 40.2 Å². The van der Waals surface area contributed by atoms with Gasteiger partial charge in [0, 0.05) is 19.3 Å². The summed E-state index contributed by atoms with van der Waals surface area (Å²) < 4.78 is 29.4. The van der Waals surface area contributed by atoms with Crippen molar-refractivity contribution in [3.63, 3.8) is 0 Å². The van der Waals surface area contributed by atoms with E-state index in [1.165, 1.54) is 6.07 Å². The van der Waals surface area contributed by atoms with Crippen LogP contribution in [0, 0.1) is 31.4 Å². The van der Waals surface area contributed by atoms with E-state index < -0.39 is 35.1 Å². The lowest BCUT2D eigenvalue weighted by Gasteiger charge is -2.22. The lowest BCUT2D eigenvalue weighted by Crippen LogP contribution is -2.50. The summed E-state index contributed by atoms with van der Waals surface area (Å²) in [4.78, 5) is 24.9. The molecular weight excluding hydrogens is 366 g/mol. The highest BCUT2D eigenvalue weighted by Crippen LogP contribution is 2.14. The topological polar surface area (TPSA) is 76.0 Å². The van der Waals surface area contributed by atoms with Gasteiger partial charge in [0.1, 0.15) is 23.2 Å². The molecule has 2 amide bonds. The first kappa shape index (κ1) is 21.5. The largest absolute Gasteiger partial charge is 0.354 e. The van der Waals surface area contributed by atoms with Crippen LogP contribution in [0.1, 0.15) is 41.2 Å². The van der Waals surface area contributed by atoms with Crippen LogP contribution in [0.4, 0.5) is 8.78 Å². The van der Waals surface area contributed by atoms with E-state index in [1.54, 1.807) is 18.5 Å². The Bertz CT molecular complexity index is 857. The maximum atomic E-state index is 13.8. The smallest absolute Gasteiger partial charge is 0.257 e. The van der Waals surface area contributed by atoms with E-state index in [9.17, 15) is 18.4 Å². The van der Waals surface area contributed by atoms with Crippen molar-refractivity contribution >= 4 is 11.8 Å². The molecule has 0 aliphatic rings. The van der Waals surface area contributed by atoms with Crippen LogP contribution in [0.2, 0.25) is 0 Å². The molecular formula is C20H26F2N4O2. The van der Waals surface area contributed by atoms with Crippen LogP contribution >= 0.6 is 0 Å². The zero-order chi connectivity index (χ0) is 21.0. The highest BCUT2D eigenvalue weighted by molar-refractivity contribution is 5.98. The molecule has 8 heteroatoms. The molecule has 152 valence electrons. The zero-order valence-electron chi connectivity index (χ0n) is 16.8. The molecule has 2 aromatic rings. The van der Waals surface area contributed by atoms with Crippen LogP contribution in [-0.2, 0) is 18.3 Å². The number of hydrogen-bond donors (Lipinski definition) is 2. The second kappa shape index (κ2) is 8.95. The SMILES string of the molecule is Cc1nn(C)c(C)c1CCNC(=O)C(NC(=O)c1c(F)cccc1F)C(C)C.